The molecule has 10 nitrogen and oxygen atoms in total. The summed E-state index contributed by atoms with van der Waals surface area (Å²) in [6.45, 7) is 6.07. The summed E-state index contributed by atoms with van der Waals surface area (Å²) in [5.74, 6) is -0.685. The fourth-order valence-corrected chi connectivity index (χ4v) is 5.39. The minimum Gasteiger partial charge on any atom is -0.338 e. The highest BCUT2D eigenvalue weighted by Crippen LogP contribution is 2.26. The highest BCUT2D eigenvalue weighted by atomic mass is 35.5. The van der Waals surface area contributed by atoms with Gasteiger partial charge in [-0.3, -0.25) is 9.52 Å². The van der Waals surface area contributed by atoms with Gasteiger partial charge in [0, 0.05) is 48.3 Å². The van der Waals surface area contributed by atoms with E-state index in [4.69, 9.17) is 0 Å². The number of likely N-dealkylation sites (tertiary alicyclic amines) is 1. The maximum Gasteiger partial charge on any atom is 0.256 e. The number of nitrogens with one attached hydrogen (secondary N) is 3. The van der Waals surface area contributed by atoms with Crippen molar-refractivity contribution >= 4 is 56.7 Å². The van der Waals surface area contributed by atoms with Crippen molar-refractivity contribution in [2.75, 3.05) is 30.2 Å². The smallest absolute Gasteiger partial charge is 0.256 e. The Kier molecular flexibility index (Phi) is 9.09. The lowest BCUT2D eigenvalue weighted by Crippen LogP contribution is -2.44. The number of carbonyl (C=O) groups is 1. The monoisotopic (exact) mass is 615 g/mol. The summed E-state index contributed by atoms with van der Waals surface area (Å²) < 4.78 is 43.8. The van der Waals surface area contributed by atoms with E-state index in [1.807, 2.05) is 29.9 Å². The van der Waals surface area contributed by atoms with Crippen molar-refractivity contribution in [1.29, 1.82) is 0 Å². The average Bonchev–Trinajstić information content (AvgIpc) is 3.35. The Bertz CT molecular complexity index is 1700. The Morgan fingerprint density at radius 1 is 1.05 bits per heavy atom. The molecule has 224 valence electrons. The molecule has 3 N–H and O–H groups in total. The summed E-state index contributed by atoms with van der Waals surface area (Å²) in [5, 5.41) is 7.02. The maximum absolute atomic E-state index is 15.0. The molecule has 5 rings (SSSR count). The molecule has 0 unspecified atom stereocenters. The number of nitrogens with zero attached hydrogens (tertiary/aromatic N) is 4. The van der Waals surface area contributed by atoms with E-state index >= 15 is 4.39 Å². The van der Waals surface area contributed by atoms with Crippen molar-refractivity contribution in [3.05, 3.63) is 72.3 Å². The molecule has 1 aliphatic heterocycles. The molecule has 0 saturated carbocycles. The molecule has 4 aromatic rings. The van der Waals surface area contributed by atoms with Crippen LogP contribution in [-0.4, -0.2) is 64.7 Å². The van der Waals surface area contributed by atoms with E-state index in [9.17, 15) is 13.2 Å². The van der Waals surface area contributed by atoms with Crippen LogP contribution in [0.1, 0.15) is 44.0 Å². The number of carbonyl (C=O) groups excluding carboxylic acids is 1. The fourth-order valence-electron chi connectivity index (χ4n) is 4.65. The lowest BCUT2D eigenvalue weighted by molar-refractivity contribution is 0.0702. The largest absolute Gasteiger partial charge is 0.338 e. The minimum atomic E-state index is -3.59. The van der Waals surface area contributed by atoms with Gasteiger partial charge in [-0.2, -0.15) is 4.98 Å². The number of aromatic nitrogens is 3. The molecule has 2 aromatic heterocycles. The summed E-state index contributed by atoms with van der Waals surface area (Å²) in [6, 6.07) is 13.6. The predicted molar refractivity (Wildman–Crippen MR) is 166 cm³/mol. The molecule has 0 spiro atoms. The van der Waals surface area contributed by atoms with E-state index in [1.54, 1.807) is 56.1 Å². The van der Waals surface area contributed by atoms with Crippen molar-refractivity contribution in [2.45, 2.75) is 44.4 Å². The van der Waals surface area contributed by atoms with Gasteiger partial charge in [0.2, 0.25) is 16.0 Å². The van der Waals surface area contributed by atoms with E-state index in [2.05, 4.69) is 25.3 Å². The van der Waals surface area contributed by atoms with E-state index in [-0.39, 0.29) is 29.8 Å². The molecular formula is C29H35ClFN7O3S. The topological polar surface area (TPSA) is 121 Å². The summed E-state index contributed by atoms with van der Waals surface area (Å²) in [7, 11) is -1.69. The molecule has 0 aliphatic carbocycles. The third-order valence-electron chi connectivity index (χ3n) is 7.26. The number of rotatable bonds is 7. The first-order chi connectivity index (χ1) is 19.4. The molecule has 1 fully saturated rings. The zero-order valence-corrected chi connectivity index (χ0v) is 25.5. The second kappa shape index (κ2) is 12.2. The zero-order chi connectivity index (χ0) is 29.4. The van der Waals surface area contributed by atoms with Crippen molar-refractivity contribution in [1.82, 2.24) is 24.8 Å². The SMILES string of the molecule is CNC1CCN(C(=O)c2ccc(Nc3ncc4ccn(-c5cccc(NS(=O)(=O)C(C)(C)C)c5)c4n3)cc2F)CC1.Cl. The van der Waals surface area contributed by atoms with Crippen LogP contribution in [-0.2, 0) is 10.0 Å². The van der Waals surface area contributed by atoms with Gasteiger partial charge in [-0.05, 0) is 83.1 Å². The van der Waals surface area contributed by atoms with E-state index in [1.165, 1.54) is 12.1 Å². The number of sulfonamides is 1. The maximum atomic E-state index is 15.0. The van der Waals surface area contributed by atoms with Crippen LogP contribution in [0.2, 0.25) is 0 Å². The molecule has 42 heavy (non-hydrogen) atoms. The van der Waals surface area contributed by atoms with Gasteiger partial charge >= 0.3 is 0 Å². The van der Waals surface area contributed by atoms with Crippen LogP contribution in [0.4, 0.5) is 21.7 Å². The van der Waals surface area contributed by atoms with Crippen molar-refractivity contribution < 1.29 is 17.6 Å². The van der Waals surface area contributed by atoms with Crippen LogP contribution in [0.5, 0.6) is 0 Å². The lowest BCUT2D eigenvalue weighted by Gasteiger charge is -2.32. The van der Waals surface area contributed by atoms with Crippen molar-refractivity contribution in [3.63, 3.8) is 0 Å². The highest BCUT2D eigenvalue weighted by Gasteiger charge is 2.29. The molecule has 1 saturated heterocycles. The molecule has 0 atom stereocenters. The molecule has 1 amide bonds. The number of halogens is 2. The number of hydrogen-bond acceptors (Lipinski definition) is 7. The van der Waals surface area contributed by atoms with Gasteiger partial charge in [-0.1, -0.05) is 6.07 Å². The van der Waals surface area contributed by atoms with Crippen LogP contribution in [0, 0.1) is 5.82 Å². The number of benzene rings is 2. The molecule has 2 aromatic carbocycles. The van der Waals surface area contributed by atoms with E-state index < -0.39 is 20.6 Å². The van der Waals surface area contributed by atoms with Gasteiger partial charge in [0.25, 0.3) is 5.91 Å². The molecule has 3 heterocycles. The number of piperidine rings is 1. The third-order valence-corrected chi connectivity index (χ3v) is 9.37. The van der Waals surface area contributed by atoms with Gasteiger partial charge in [-0.15, -0.1) is 12.4 Å². The normalized spacial score (nSPS) is 14.5. The predicted octanol–water partition coefficient (Wildman–Crippen LogP) is 5.09. The van der Waals surface area contributed by atoms with Gasteiger partial charge in [0.15, 0.2) is 0 Å². The van der Waals surface area contributed by atoms with Crippen molar-refractivity contribution in [2.24, 2.45) is 0 Å². The minimum absolute atomic E-state index is 0. The number of anilines is 3. The average molecular weight is 616 g/mol. The zero-order valence-electron chi connectivity index (χ0n) is 23.9. The van der Waals surface area contributed by atoms with Crippen LogP contribution in [0.15, 0.2) is 60.9 Å². The van der Waals surface area contributed by atoms with Gasteiger partial charge in [0.05, 0.1) is 16.0 Å². The Balaban J connectivity index is 0.00000405. The van der Waals surface area contributed by atoms with Crippen LogP contribution >= 0.6 is 12.4 Å². The Morgan fingerprint density at radius 3 is 2.45 bits per heavy atom. The summed E-state index contributed by atoms with van der Waals surface area (Å²) >= 11 is 0. The molecule has 0 bridgehead atoms. The summed E-state index contributed by atoms with van der Waals surface area (Å²) in [5.41, 5.74) is 2.15. The van der Waals surface area contributed by atoms with Crippen molar-refractivity contribution in [3.8, 4) is 5.69 Å². The van der Waals surface area contributed by atoms with Crippen LogP contribution in [0.3, 0.4) is 0 Å². The van der Waals surface area contributed by atoms with E-state index in [0.717, 1.165) is 18.2 Å². The van der Waals surface area contributed by atoms with Crippen LogP contribution in [0.25, 0.3) is 16.7 Å². The second-order valence-electron chi connectivity index (χ2n) is 11.1. The molecule has 13 heteroatoms. The summed E-state index contributed by atoms with van der Waals surface area (Å²) in [4.78, 5) is 23.6. The van der Waals surface area contributed by atoms with Gasteiger partial charge in [-0.25, -0.2) is 17.8 Å². The third kappa shape index (κ3) is 6.50. The first-order valence-corrected chi connectivity index (χ1v) is 14.9. The molecule has 1 aliphatic rings. The van der Waals surface area contributed by atoms with E-state index in [0.29, 0.717) is 41.8 Å². The Labute approximate surface area is 251 Å². The fraction of sp³-hybridized carbons (Fsp3) is 0.345. The number of amides is 1. The quantitative estimate of drug-likeness (QED) is 0.265. The summed E-state index contributed by atoms with van der Waals surface area (Å²) in [6.07, 6.45) is 5.14. The van der Waals surface area contributed by atoms with Crippen LogP contribution < -0.4 is 15.4 Å². The number of fused-ring (bicyclic) bond motifs is 1. The first kappa shape index (κ1) is 31.2. The van der Waals surface area contributed by atoms with Gasteiger partial charge in [0.1, 0.15) is 11.5 Å². The Hall–Kier alpha value is -3.74. The second-order valence-corrected chi connectivity index (χ2v) is 13.5. The standard InChI is InChI=1S/C29H34FN7O3S.ClH/c1-29(2,3)41(39,40)35-22-6-5-7-23(16-22)37-15-10-19-18-32-28(34-26(19)37)33-21-8-9-24(25(30)17-21)27(38)36-13-11-20(31-4)12-14-36;/h5-10,15-18,20,31,35H,11-14H2,1-4H3,(H,32,33,34);1H. The highest BCUT2D eigenvalue weighted by molar-refractivity contribution is 7.94. The number of hydrogen-bond donors (Lipinski definition) is 3. The lowest BCUT2D eigenvalue weighted by atomic mass is 10.0. The first-order valence-electron chi connectivity index (χ1n) is 13.5. The molecule has 0 radical (unpaired) electrons. The Morgan fingerprint density at radius 2 is 1.79 bits per heavy atom. The van der Waals surface area contributed by atoms with Gasteiger partial charge < -0.3 is 20.1 Å². The molecular weight excluding hydrogens is 581 g/mol.